The number of allylic oxidation sites excluding steroid dienone is 1. The van der Waals surface area contributed by atoms with E-state index in [0.29, 0.717) is 5.92 Å². The Morgan fingerprint density at radius 1 is 1.42 bits per heavy atom. The fourth-order valence-corrected chi connectivity index (χ4v) is 3.39. The maximum atomic E-state index is 5.70. The molecule has 0 saturated carbocycles. The molecule has 0 amide bonds. The van der Waals surface area contributed by atoms with Crippen LogP contribution in [-0.4, -0.2) is 13.2 Å². The highest BCUT2D eigenvalue weighted by Crippen LogP contribution is 2.42. The van der Waals surface area contributed by atoms with Gasteiger partial charge >= 0.3 is 0 Å². The second-order valence-electron chi connectivity index (χ2n) is 5.62. The van der Waals surface area contributed by atoms with Crippen molar-refractivity contribution in [2.75, 3.05) is 13.2 Å². The summed E-state index contributed by atoms with van der Waals surface area (Å²) in [7, 11) is 0. The topological polar surface area (TPSA) is 21.3 Å². The van der Waals surface area contributed by atoms with Crippen molar-refractivity contribution in [3.8, 4) is 5.75 Å². The molecule has 102 valence electrons. The van der Waals surface area contributed by atoms with Crippen LogP contribution in [0.25, 0.3) is 0 Å². The standard InChI is InChI=1S/C17H23NO/c1-3-12(2)18-10-8-14-5-4-13-6-7-16-15(17(13)14)9-11-19-16/h6-7,14,18H,2-5,8-11H2,1H3/t14-/m0/s1. The Balaban J connectivity index is 1.71. The SMILES string of the molecule is C=C(CC)NCC[C@@H]1CCc2ccc3c(c21)CCO3. The molecule has 3 rings (SSSR count). The van der Waals surface area contributed by atoms with E-state index in [1.54, 1.807) is 11.1 Å². The highest BCUT2D eigenvalue weighted by atomic mass is 16.5. The van der Waals surface area contributed by atoms with Crippen molar-refractivity contribution in [3.05, 3.63) is 41.1 Å². The van der Waals surface area contributed by atoms with Crippen LogP contribution in [0.2, 0.25) is 0 Å². The van der Waals surface area contributed by atoms with Crippen molar-refractivity contribution < 1.29 is 4.74 Å². The lowest BCUT2D eigenvalue weighted by atomic mass is 9.92. The first-order chi connectivity index (χ1) is 9.29. The molecule has 1 aromatic carbocycles. The Bertz CT molecular complexity index is 492. The molecule has 1 atom stereocenters. The van der Waals surface area contributed by atoms with Crippen LogP contribution in [0.3, 0.4) is 0 Å². The van der Waals surface area contributed by atoms with Gasteiger partial charge in [-0.05, 0) is 48.8 Å². The molecular weight excluding hydrogens is 234 g/mol. The van der Waals surface area contributed by atoms with Crippen molar-refractivity contribution in [1.29, 1.82) is 0 Å². The molecule has 2 heteroatoms. The number of hydrogen-bond acceptors (Lipinski definition) is 2. The van der Waals surface area contributed by atoms with Crippen molar-refractivity contribution in [3.63, 3.8) is 0 Å². The van der Waals surface area contributed by atoms with Gasteiger partial charge in [0.15, 0.2) is 0 Å². The van der Waals surface area contributed by atoms with Gasteiger partial charge in [-0.2, -0.15) is 0 Å². The van der Waals surface area contributed by atoms with Gasteiger partial charge in [0.2, 0.25) is 0 Å². The van der Waals surface area contributed by atoms with E-state index in [4.69, 9.17) is 4.74 Å². The van der Waals surface area contributed by atoms with Gasteiger partial charge in [0.05, 0.1) is 6.61 Å². The fraction of sp³-hybridized carbons (Fsp3) is 0.529. The summed E-state index contributed by atoms with van der Waals surface area (Å²) in [5.41, 5.74) is 5.82. The van der Waals surface area contributed by atoms with Crippen molar-refractivity contribution in [2.24, 2.45) is 0 Å². The molecule has 2 aliphatic rings. The summed E-state index contributed by atoms with van der Waals surface area (Å²) in [4.78, 5) is 0. The lowest BCUT2D eigenvalue weighted by Gasteiger charge is -2.16. The summed E-state index contributed by atoms with van der Waals surface area (Å²) < 4.78 is 5.70. The Hall–Kier alpha value is -1.44. The van der Waals surface area contributed by atoms with Gasteiger partial charge in [-0.3, -0.25) is 0 Å². The summed E-state index contributed by atoms with van der Waals surface area (Å²) in [6.45, 7) is 8.06. The van der Waals surface area contributed by atoms with Crippen LogP contribution in [0.5, 0.6) is 5.75 Å². The van der Waals surface area contributed by atoms with E-state index in [1.165, 1.54) is 24.8 Å². The van der Waals surface area contributed by atoms with Gasteiger partial charge in [-0.1, -0.05) is 19.6 Å². The molecule has 1 aliphatic heterocycles. The minimum Gasteiger partial charge on any atom is -0.493 e. The van der Waals surface area contributed by atoms with Crippen molar-refractivity contribution in [1.82, 2.24) is 5.32 Å². The predicted octanol–water partition coefficient (Wildman–Crippen LogP) is 3.55. The van der Waals surface area contributed by atoms with E-state index in [1.807, 2.05) is 0 Å². The molecule has 0 spiro atoms. The van der Waals surface area contributed by atoms with Crippen molar-refractivity contribution in [2.45, 2.75) is 44.9 Å². The van der Waals surface area contributed by atoms with Gasteiger partial charge in [0, 0.05) is 24.2 Å². The van der Waals surface area contributed by atoms with Gasteiger partial charge in [0.25, 0.3) is 0 Å². The largest absolute Gasteiger partial charge is 0.493 e. The van der Waals surface area contributed by atoms with Crippen LogP contribution < -0.4 is 10.1 Å². The molecular formula is C17H23NO. The van der Waals surface area contributed by atoms with E-state index in [0.717, 1.165) is 37.4 Å². The van der Waals surface area contributed by atoms with E-state index >= 15 is 0 Å². The summed E-state index contributed by atoms with van der Waals surface area (Å²) >= 11 is 0. The van der Waals surface area contributed by atoms with Gasteiger partial charge < -0.3 is 10.1 Å². The van der Waals surface area contributed by atoms with Crippen LogP contribution in [0.4, 0.5) is 0 Å². The highest BCUT2D eigenvalue weighted by molar-refractivity contribution is 5.51. The smallest absolute Gasteiger partial charge is 0.122 e. The quantitative estimate of drug-likeness (QED) is 0.871. The van der Waals surface area contributed by atoms with Crippen LogP contribution >= 0.6 is 0 Å². The second-order valence-corrected chi connectivity index (χ2v) is 5.62. The van der Waals surface area contributed by atoms with Crippen LogP contribution in [0, 0.1) is 0 Å². The lowest BCUT2D eigenvalue weighted by molar-refractivity contribution is 0.357. The summed E-state index contributed by atoms with van der Waals surface area (Å²) in [6, 6.07) is 4.44. The predicted molar refractivity (Wildman–Crippen MR) is 78.8 cm³/mol. The minimum atomic E-state index is 0.712. The Kier molecular flexibility index (Phi) is 3.50. The van der Waals surface area contributed by atoms with Crippen molar-refractivity contribution >= 4 is 0 Å². The summed E-state index contributed by atoms with van der Waals surface area (Å²) in [6.07, 6.45) is 5.87. The van der Waals surface area contributed by atoms with Gasteiger partial charge in [-0.15, -0.1) is 0 Å². The lowest BCUT2D eigenvalue weighted by Crippen LogP contribution is -2.15. The molecule has 1 aliphatic carbocycles. The molecule has 0 saturated heterocycles. The number of aryl methyl sites for hydroxylation is 1. The van der Waals surface area contributed by atoms with Crippen LogP contribution in [0.1, 0.15) is 48.8 Å². The fourth-order valence-electron chi connectivity index (χ4n) is 3.39. The molecule has 1 heterocycles. The molecule has 1 N–H and O–H groups in total. The third-order valence-corrected chi connectivity index (χ3v) is 4.48. The van der Waals surface area contributed by atoms with E-state index in [-0.39, 0.29) is 0 Å². The summed E-state index contributed by atoms with van der Waals surface area (Å²) in [5, 5.41) is 3.43. The second kappa shape index (κ2) is 5.28. The Morgan fingerprint density at radius 2 is 2.32 bits per heavy atom. The van der Waals surface area contributed by atoms with Crippen LogP contribution in [0.15, 0.2) is 24.4 Å². The van der Waals surface area contributed by atoms with E-state index in [9.17, 15) is 0 Å². The molecule has 0 radical (unpaired) electrons. The van der Waals surface area contributed by atoms with E-state index in [2.05, 4.69) is 31.0 Å². The number of hydrogen-bond donors (Lipinski definition) is 1. The monoisotopic (exact) mass is 257 g/mol. The molecule has 2 nitrogen and oxygen atoms in total. The maximum Gasteiger partial charge on any atom is 0.122 e. The normalized spacial score (nSPS) is 19.7. The van der Waals surface area contributed by atoms with E-state index < -0.39 is 0 Å². The number of benzene rings is 1. The molecule has 0 unspecified atom stereocenters. The number of fused-ring (bicyclic) bond motifs is 3. The molecule has 19 heavy (non-hydrogen) atoms. The molecule has 0 bridgehead atoms. The average molecular weight is 257 g/mol. The third kappa shape index (κ3) is 2.36. The Labute approximate surface area is 115 Å². The highest BCUT2D eigenvalue weighted by Gasteiger charge is 2.28. The van der Waals surface area contributed by atoms with Gasteiger partial charge in [0.1, 0.15) is 5.75 Å². The third-order valence-electron chi connectivity index (χ3n) is 4.48. The first-order valence-corrected chi connectivity index (χ1v) is 7.48. The number of rotatable bonds is 5. The maximum absolute atomic E-state index is 5.70. The number of nitrogens with one attached hydrogen (secondary N) is 1. The average Bonchev–Trinajstić information content (AvgIpc) is 3.03. The zero-order valence-electron chi connectivity index (χ0n) is 11.8. The zero-order valence-corrected chi connectivity index (χ0v) is 11.8. The van der Waals surface area contributed by atoms with Crippen LogP contribution in [-0.2, 0) is 12.8 Å². The minimum absolute atomic E-state index is 0.712. The molecule has 1 aromatic rings. The summed E-state index contributed by atoms with van der Waals surface area (Å²) in [5.74, 6) is 1.85. The first-order valence-electron chi connectivity index (χ1n) is 7.48. The zero-order chi connectivity index (χ0) is 13.2. The molecule has 0 fully saturated rings. The van der Waals surface area contributed by atoms with Gasteiger partial charge in [-0.25, -0.2) is 0 Å². The Morgan fingerprint density at radius 3 is 3.16 bits per heavy atom. The molecule has 0 aromatic heterocycles. The first kappa shape index (κ1) is 12.6. The number of ether oxygens (including phenoxy) is 1.